The first-order valence-corrected chi connectivity index (χ1v) is 7.97. The third kappa shape index (κ3) is 2.38. The van der Waals surface area contributed by atoms with E-state index < -0.39 is 5.91 Å². The molecule has 2 N–H and O–H groups in total. The van der Waals surface area contributed by atoms with Crippen LogP contribution in [0, 0.1) is 0 Å². The van der Waals surface area contributed by atoms with E-state index >= 15 is 0 Å². The Morgan fingerprint density at radius 1 is 1.17 bits per heavy atom. The van der Waals surface area contributed by atoms with Crippen LogP contribution in [0.1, 0.15) is 42.1 Å². The number of amides is 1. The van der Waals surface area contributed by atoms with Crippen molar-refractivity contribution in [3.05, 3.63) is 48.2 Å². The second-order valence-electron chi connectivity index (χ2n) is 6.03. The number of nitrogens with two attached hydrogens (primary N) is 1. The molecule has 0 aliphatic heterocycles. The summed E-state index contributed by atoms with van der Waals surface area (Å²) in [7, 11) is 0. The van der Waals surface area contributed by atoms with Crippen LogP contribution < -0.4 is 5.73 Å². The Balaban J connectivity index is 1.96. The minimum absolute atomic E-state index is 0.429. The van der Waals surface area contributed by atoms with E-state index in [-0.39, 0.29) is 0 Å². The maximum Gasteiger partial charge on any atom is 0.248 e. The number of aromatic nitrogens is 3. The SMILES string of the molecule is NC(=O)c1ccc2c(c1)nc(-c1ccccn1)n2C1CCCC1. The molecular weight excluding hydrogens is 288 g/mol. The predicted molar refractivity (Wildman–Crippen MR) is 89.0 cm³/mol. The molecule has 116 valence electrons. The highest BCUT2D eigenvalue weighted by Gasteiger charge is 2.24. The number of hydrogen-bond donors (Lipinski definition) is 1. The molecule has 2 aromatic heterocycles. The van der Waals surface area contributed by atoms with E-state index in [4.69, 9.17) is 10.7 Å². The molecule has 0 saturated heterocycles. The summed E-state index contributed by atoms with van der Waals surface area (Å²) in [5.41, 5.74) is 8.59. The molecular formula is C18H18N4O. The lowest BCUT2D eigenvalue weighted by Crippen LogP contribution is -2.10. The van der Waals surface area contributed by atoms with Crippen molar-refractivity contribution in [3.8, 4) is 11.5 Å². The normalized spacial score (nSPS) is 15.3. The van der Waals surface area contributed by atoms with Crippen LogP contribution in [0.3, 0.4) is 0 Å². The van der Waals surface area contributed by atoms with Gasteiger partial charge in [-0.1, -0.05) is 18.9 Å². The number of carbonyl (C=O) groups excluding carboxylic acids is 1. The van der Waals surface area contributed by atoms with Crippen LogP contribution in [0.2, 0.25) is 0 Å². The topological polar surface area (TPSA) is 73.8 Å². The molecule has 1 amide bonds. The highest BCUT2D eigenvalue weighted by molar-refractivity contribution is 5.96. The van der Waals surface area contributed by atoms with E-state index in [0.717, 1.165) is 35.4 Å². The van der Waals surface area contributed by atoms with Crippen LogP contribution in [0.5, 0.6) is 0 Å². The van der Waals surface area contributed by atoms with Gasteiger partial charge < -0.3 is 10.3 Å². The highest BCUT2D eigenvalue weighted by Crippen LogP contribution is 2.36. The predicted octanol–water partition coefficient (Wildman–Crippen LogP) is 3.31. The summed E-state index contributed by atoms with van der Waals surface area (Å²) in [5, 5.41) is 0. The van der Waals surface area contributed by atoms with E-state index in [1.807, 2.05) is 24.3 Å². The first-order chi connectivity index (χ1) is 11.2. The monoisotopic (exact) mass is 306 g/mol. The fourth-order valence-electron chi connectivity index (χ4n) is 3.46. The standard InChI is InChI=1S/C18H18N4O/c19-17(23)12-8-9-16-15(11-12)21-18(14-7-3-4-10-20-14)22(16)13-5-1-2-6-13/h3-4,7-11,13H,1-2,5-6H2,(H2,19,23). The lowest BCUT2D eigenvalue weighted by atomic mass is 10.1. The van der Waals surface area contributed by atoms with Crippen LogP contribution in [-0.4, -0.2) is 20.4 Å². The average molecular weight is 306 g/mol. The molecule has 5 nitrogen and oxygen atoms in total. The molecule has 0 spiro atoms. The van der Waals surface area contributed by atoms with Crippen molar-refractivity contribution in [2.24, 2.45) is 5.73 Å². The van der Waals surface area contributed by atoms with Crippen molar-refractivity contribution in [1.82, 2.24) is 14.5 Å². The molecule has 1 fully saturated rings. The Bertz CT molecular complexity index is 863. The molecule has 5 heteroatoms. The van der Waals surface area contributed by atoms with Gasteiger partial charge in [0.1, 0.15) is 5.69 Å². The van der Waals surface area contributed by atoms with E-state index in [0.29, 0.717) is 11.6 Å². The van der Waals surface area contributed by atoms with Gasteiger partial charge in [0, 0.05) is 17.8 Å². The molecule has 2 heterocycles. The number of primary amides is 1. The Morgan fingerprint density at radius 3 is 2.70 bits per heavy atom. The van der Waals surface area contributed by atoms with Gasteiger partial charge in [-0.15, -0.1) is 0 Å². The van der Waals surface area contributed by atoms with Crippen molar-refractivity contribution in [3.63, 3.8) is 0 Å². The largest absolute Gasteiger partial charge is 0.366 e. The molecule has 0 atom stereocenters. The van der Waals surface area contributed by atoms with Crippen LogP contribution in [-0.2, 0) is 0 Å². The van der Waals surface area contributed by atoms with Gasteiger partial charge in [-0.05, 0) is 43.2 Å². The Morgan fingerprint density at radius 2 is 2.00 bits per heavy atom. The fourth-order valence-corrected chi connectivity index (χ4v) is 3.46. The van der Waals surface area contributed by atoms with Crippen molar-refractivity contribution in [1.29, 1.82) is 0 Å². The smallest absolute Gasteiger partial charge is 0.248 e. The summed E-state index contributed by atoms with van der Waals surface area (Å²) >= 11 is 0. The highest BCUT2D eigenvalue weighted by atomic mass is 16.1. The van der Waals surface area contributed by atoms with Gasteiger partial charge >= 0.3 is 0 Å². The Kier molecular flexibility index (Phi) is 3.33. The van der Waals surface area contributed by atoms with Crippen molar-refractivity contribution < 1.29 is 4.79 Å². The maximum absolute atomic E-state index is 11.4. The molecule has 0 bridgehead atoms. The van der Waals surface area contributed by atoms with E-state index in [1.165, 1.54) is 12.8 Å². The summed E-state index contributed by atoms with van der Waals surface area (Å²) in [6.07, 6.45) is 6.57. The second kappa shape index (κ2) is 5.50. The molecule has 1 aliphatic carbocycles. The van der Waals surface area contributed by atoms with Gasteiger partial charge in [-0.25, -0.2) is 4.98 Å². The Hall–Kier alpha value is -2.69. The zero-order valence-electron chi connectivity index (χ0n) is 12.8. The van der Waals surface area contributed by atoms with Crippen LogP contribution in [0.4, 0.5) is 0 Å². The minimum Gasteiger partial charge on any atom is -0.366 e. The molecule has 1 aliphatic rings. The molecule has 0 unspecified atom stereocenters. The van der Waals surface area contributed by atoms with Gasteiger partial charge in [0.25, 0.3) is 0 Å². The zero-order chi connectivity index (χ0) is 15.8. The quantitative estimate of drug-likeness (QED) is 0.806. The first kappa shape index (κ1) is 13.9. The van der Waals surface area contributed by atoms with Gasteiger partial charge in [0.05, 0.1) is 11.0 Å². The summed E-state index contributed by atoms with van der Waals surface area (Å²) in [4.78, 5) is 20.7. The molecule has 0 radical (unpaired) electrons. The van der Waals surface area contributed by atoms with E-state index in [9.17, 15) is 4.79 Å². The number of pyridine rings is 1. The van der Waals surface area contributed by atoms with Crippen LogP contribution in [0.15, 0.2) is 42.6 Å². The molecule has 1 saturated carbocycles. The fraction of sp³-hybridized carbons (Fsp3) is 0.278. The number of benzene rings is 1. The number of imidazole rings is 1. The second-order valence-corrected chi connectivity index (χ2v) is 6.03. The van der Waals surface area contributed by atoms with Gasteiger partial charge in [-0.2, -0.15) is 0 Å². The van der Waals surface area contributed by atoms with E-state index in [2.05, 4.69) is 9.55 Å². The zero-order valence-corrected chi connectivity index (χ0v) is 12.8. The van der Waals surface area contributed by atoms with Crippen molar-refractivity contribution in [2.45, 2.75) is 31.7 Å². The van der Waals surface area contributed by atoms with Crippen LogP contribution in [0.25, 0.3) is 22.6 Å². The third-order valence-corrected chi connectivity index (χ3v) is 4.56. The number of carbonyl (C=O) groups is 1. The van der Waals surface area contributed by atoms with Crippen LogP contribution >= 0.6 is 0 Å². The summed E-state index contributed by atoms with van der Waals surface area (Å²) in [5.74, 6) is 0.441. The molecule has 1 aromatic carbocycles. The lowest BCUT2D eigenvalue weighted by molar-refractivity contribution is 0.100. The molecule has 3 aromatic rings. The molecule has 4 rings (SSSR count). The summed E-state index contributed by atoms with van der Waals surface area (Å²) in [6.45, 7) is 0. The van der Waals surface area contributed by atoms with Crippen molar-refractivity contribution >= 4 is 16.9 Å². The van der Waals surface area contributed by atoms with E-state index in [1.54, 1.807) is 18.3 Å². The van der Waals surface area contributed by atoms with Crippen molar-refractivity contribution in [2.75, 3.05) is 0 Å². The first-order valence-electron chi connectivity index (χ1n) is 7.97. The average Bonchev–Trinajstić information content (AvgIpc) is 3.21. The number of rotatable bonds is 3. The Labute approximate surface area is 134 Å². The number of hydrogen-bond acceptors (Lipinski definition) is 3. The van der Waals surface area contributed by atoms with Gasteiger partial charge in [0.2, 0.25) is 5.91 Å². The maximum atomic E-state index is 11.4. The van der Waals surface area contributed by atoms with Gasteiger partial charge in [0.15, 0.2) is 5.82 Å². The number of fused-ring (bicyclic) bond motifs is 1. The minimum atomic E-state index is -0.429. The van der Waals surface area contributed by atoms with Gasteiger partial charge in [-0.3, -0.25) is 9.78 Å². The summed E-state index contributed by atoms with van der Waals surface area (Å²) < 4.78 is 2.29. The molecule has 23 heavy (non-hydrogen) atoms. The summed E-state index contributed by atoms with van der Waals surface area (Å²) in [6, 6.07) is 11.8. The lowest BCUT2D eigenvalue weighted by Gasteiger charge is -2.16. The number of nitrogens with zero attached hydrogens (tertiary/aromatic N) is 3. The third-order valence-electron chi connectivity index (χ3n) is 4.56.